The highest BCUT2D eigenvalue weighted by Gasteiger charge is 2.37. The van der Waals surface area contributed by atoms with Crippen molar-refractivity contribution >= 4 is 5.91 Å². The number of carbonyl (C=O) groups is 1. The van der Waals surface area contributed by atoms with E-state index in [9.17, 15) is 4.79 Å². The number of carbonyl (C=O) groups excluding carboxylic acids is 1. The fourth-order valence-corrected chi connectivity index (χ4v) is 3.77. The Labute approximate surface area is 99.4 Å². The van der Waals surface area contributed by atoms with E-state index in [-0.39, 0.29) is 0 Å². The monoisotopic (exact) mass is 223 g/mol. The summed E-state index contributed by atoms with van der Waals surface area (Å²) in [4.78, 5) is 13.9. The Balaban J connectivity index is 2.05. The van der Waals surface area contributed by atoms with Crippen LogP contribution in [-0.2, 0) is 4.79 Å². The maximum Gasteiger partial charge on any atom is 0.219 e. The second-order valence-electron chi connectivity index (χ2n) is 5.67. The van der Waals surface area contributed by atoms with E-state index in [1.165, 1.54) is 44.9 Å². The predicted octanol–water partition coefficient (Wildman–Crippen LogP) is 3.21. The SMILES string of the molecule is CCCC1CC2CCCCC2N(C(C)=O)C1. The summed E-state index contributed by atoms with van der Waals surface area (Å²) in [5.74, 6) is 1.88. The molecule has 1 saturated heterocycles. The molecule has 1 amide bonds. The average molecular weight is 223 g/mol. The largest absolute Gasteiger partial charge is 0.339 e. The number of likely N-dealkylation sites (tertiary alicyclic amines) is 1. The van der Waals surface area contributed by atoms with E-state index >= 15 is 0 Å². The first kappa shape index (κ1) is 11.9. The van der Waals surface area contributed by atoms with Crippen molar-refractivity contribution < 1.29 is 4.79 Å². The molecule has 2 heteroatoms. The molecule has 0 aromatic heterocycles. The van der Waals surface area contributed by atoms with Gasteiger partial charge in [0.05, 0.1) is 0 Å². The molecule has 2 nitrogen and oxygen atoms in total. The molecule has 3 unspecified atom stereocenters. The van der Waals surface area contributed by atoms with E-state index in [2.05, 4.69) is 11.8 Å². The van der Waals surface area contributed by atoms with Crippen LogP contribution in [0.15, 0.2) is 0 Å². The quantitative estimate of drug-likeness (QED) is 0.704. The van der Waals surface area contributed by atoms with Crippen molar-refractivity contribution in [3.05, 3.63) is 0 Å². The van der Waals surface area contributed by atoms with Crippen LogP contribution in [0.3, 0.4) is 0 Å². The van der Waals surface area contributed by atoms with Gasteiger partial charge in [0.2, 0.25) is 5.91 Å². The van der Waals surface area contributed by atoms with Crippen LogP contribution in [0.5, 0.6) is 0 Å². The average Bonchev–Trinajstić information content (AvgIpc) is 2.28. The predicted molar refractivity (Wildman–Crippen MR) is 66.1 cm³/mol. The Bertz CT molecular complexity index is 251. The minimum atomic E-state index is 0.303. The normalized spacial score (nSPS) is 34.6. The lowest BCUT2D eigenvalue weighted by Gasteiger charge is -2.47. The minimum Gasteiger partial charge on any atom is -0.339 e. The molecule has 0 N–H and O–H groups in total. The molecule has 92 valence electrons. The van der Waals surface area contributed by atoms with Gasteiger partial charge in [0, 0.05) is 19.5 Å². The number of piperidine rings is 1. The first-order valence-corrected chi connectivity index (χ1v) is 6.99. The highest BCUT2D eigenvalue weighted by molar-refractivity contribution is 5.73. The van der Waals surface area contributed by atoms with Crippen molar-refractivity contribution in [3.8, 4) is 0 Å². The fraction of sp³-hybridized carbons (Fsp3) is 0.929. The molecule has 2 rings (SSSR count). The van der Waals surface area contributed by atoms with Gasteiger partial charge in [-0.05, 0) is 37.5 Å². The zero-order valence-electron chi connectivity index (χ0n) is 10.7. The lowest BCUT2D eigenvalue weighted by molar-refractivity contribution is -0.137. The number of hydrogen-bond acceptors (Lipinski definition) is 1. The van der Waals surface area contributed by atoms with Crippen molar-refractivity contribution in [1.29, 1.82) is 0 Å². The molecular formula is C14H25NO. The summed E-state index contributed by atoms with van der Waals surface area (Å²) in [5.41, 5.74) is 0. The molecule has 0 aromatic rings. The van der Waals surface area contributed by atoms with Gasteiger partial charge >= 0.3 is 0 Å². The number of fused-ring (bicyclic) bond motifs is 1. The van der Waals surface area contributed by atoms with Gasteiger partial charge in [0.1, 0.15) is 0 Å². The molecule has 1 saturated carbocycles. The molecule has 16 heavy (non-hydrogen) atoms. The summed E-state index contributed by atoms with van der Waals surface area (Å²) >= 11 is 0. The molecule has 3 atom stereocenters. The van der Waals surface area contributed by atoms with Gasteiger partial charge in [-0.1, -0.05) is 26.2 Å². The second kappa shape index (κ2) is 5.20. The van der Waals surface area contributed by atoms with E-state index in [1.54, 1.807) is 6.92 Å². The van der Waals surface area contributed by atoms with Gasteiger partial charge in [0.15, 0.2) is 0 Å². The molecule has 0 bridgehead atoms. The number of amides is 1. The Morgan fingerprint density at radius 1 is 1.31 bits per heavy atom. The van der Waals surface area contributed by atoms with Crippen molar-refractivity contribution in [1.82, 2.24) is 4.90 Å². The molecule has 1 heterocycles. The third-order valence-corrected chi connectivity index (χ3v) is 4.46. The van der Waals surface area contributed by atoms with Crippen LogP contribution >= 0.6 is 0 Å². The van der Waals surface area contributed by atoms with Crippen LogP contribution in [0, 0.1) is 11.8 Å². The van der Waals surface area contributed by atoms with E-state index in [0.29, 0.717) is 11.9 Å². The van der Waals surface area contributed by atoms with Gasteiger partial charge in [0.25, 0.3) is 0 Å². The maximum atomic E-state index is 11.7. The van der Waals surface area contributed by atoms with Crippen LogP contribution in [0.2, 0.25) is 0 Å². The lowest BCUT2D eigenvalue weighted by Crippen LogP contribution is -2.51. The molecule has 0 aromatic carbocycles. The molecule has 1 aliphatic carbocycles. The molecule has 2 aliphatic rings. The summed E-state index contributed by atoms with van der Waals surface area (Å²) in [6.07, 6.45) is 9.25. The van der Waals surface area contributed by atoms with Gasteiger partial charge < -0.3 is 4.90 Å². The number of hydrogen-bond donors (Lipinski definition) is 0. The standard InChI is InChI=1S/C14H25NO/c1-3-6-12-9-13-7-4-5-8-14(13)15(10-12)11(2)16/h12-14H,3-10H2,1-2H3. The Kier molecular flexibility index (Phi) is 3.88. The van der Waals surface area contributed by atoms with Crippen molar-refractivity contribution in [2.75, 3.05) is 6.54 Å². The number of rotatable bonds is 2. The van der Waals surface area contributed by atoms with Crippen molar-refractivity contribution in [3.63, 3.8) is 0 Å². The maximum absolute atomic E-state index is 11.7. The molecule has 0 spiro atoms. The topological polar surface area (TPSA) is 20.3 Å². The van der Waals surface area contributed by atoms with E-state index < -0.39 is 0 Å². The highest BCUT2D eigenvalue weighted by Crippen LogP contribution is 2.38. The summed E-state index contributed by atoms with van der Waals surface area (Å²) < 4.78 is 0. The van der Waals surface area contributed by atoms with Crippen LogP contribution in [0.4, 0.5) is 0 Å². The Morgan fingerprint density at radius 3 is 2.75 bits per heavy atom. The first-order chi connectivity index (χ1) is 7.72. The lowest BCUT2D eigenvalue weighted by atomic mass is 9.74. The molecule has 2 fully saturated rings. The Hall–Kier alpha value is -0.530. The van der Waals surface area contributed by atoms with Crippen LogP contribution in [0.25, 0.3) is 0 Å². The fourth-order valence-electron chi connectivity index (χ4n) is 3.77. The zero-order valence-corrected chi connectivity index (χ0v) is 10.7. The zero-order chi connectivity index (χ0) is 11.5. The number of nitrogens with zero attached hydrogens (tertiary/aromatic N) is 1. The Morgan fingerprint density at radius 2 is 2.06 bits per heavy atom. The molecular weight excluding hydrogens is 198 g/mol. The smallest absolute Gasteiger partial charge is 0.219 e. The van der Waals surface area contributed by atoms with Crippen LogP contribution < -0.4 is 0 Å². The first-order valence-electron chi connectivity index (χ1n) is 6.99. The third-order valence-electron chi connectivity index (χ3n) is 4.46. The third kappa shape index (κ3) is 2.41. The van der Waals surface area contributed by atoms with Gasteiger partial charge in [-0.15, -0.1) is 0 Å². The molecule has 1 aliphatic heterocycles. The van der Waals surface area contributed by atoms with Crippen LogP contribution in [0.1, 0.15) is 58.8 Å². The van der Waals surface area contributed by atoms with E-state index in [4.69, 9.17) is 0 Å². The van der Waals surface area contributed by atoms with Gasteiger partial charge in [-0.3, -0.25) is 4.79 Å². The van der Waals surface area contributed by atoms with Crippen molar-refractivity contribution in [2.24, 2.45) is 11.8 Å². The summed E-state index contributed by atoms with van der Waals surface area (Å²) in [5, 5.41) is 0. The minimum absolute atomic E-state index is 0.303. The summed E-state index contributed by atoms with van der Waals surface area (Å²) in [7, 11) is 0. The van der Waals surface area contributed by atoms with Crippen LogP contribution in [-0.4, -0.2) is 23.4 Å². The van der Waals surface area contributed by atoms with E-state index in [0.717, 1.165) is 18.4 Å². The van der Waals surface area contributed by atoms with Gasteiger partial charge in [-0.25, -0.2) is 0 Å². The summed E-state index contributed by atoms with van der Waals surface area (Å²) in [6.45, 7) is 5.04. The molecule has 0 radical (unpaired) electrons. The van der Waals surface area contributed by atoms with Gasteiger partial charge in [-0.2, -0.15) is 0 Å². The second-order valence-corrected chi connectivity index (χ2v) is 5.67. The highest BCUT2D eigenvalue weighted by atomic mass is 16.2. The summed E-state index contributed by atoms with van der Waals surface area (Å²) in [6, 6.07) is 0.583. The van der Waals surface area contributed by atoms with E-state index in [1.807, 2.05) is 0 Å². The van der Waals surface area contributed by atoms with Crippen molar-refractivity contribution in [2.45, 2.75) is 64.8 Å².